The van der Waals surface area contributed by atoms with E-state index < -0.39 is 0 Å². The van der Waals surface area contributed by atoms with Crippen molar-refractivity contribution in [3.63, 3.8) is 0 Å². The molecule has 1 aromatic rings. The first-order valence-corrected chi connectivity index (χ1v) is 6.39. The Morgan fingerprint density at radius 1 is 1.33 bits per heavy atom. The van der Waals surface area contributed by atoms with Crippen molar-refractivity contribution in [3.05, 3.63) is 29.3 Å². The van der Waals surface area contributed by atoms with Gasteiger partial charge >= 0.3 is 0 Å². The van der Waals surface area contributed by atoms with Crippen molar-refractivity contribution in [1.29, 1.82) is 0 Å². The van der Waals surface area contributed by atoms with Crippen LogP contribution in [0.5, 0.6) is 5.75 Å². The summed E-state index contributed by atoms with van der Waals surface area (Å²) in [5, 5.41) is 3.35. The first-order valence-electron chi connectivity index (χ1n) is 6.39. The maximum atomic E-state index is 6.08. The number of hydrogen-bond donors (Lipinski definition) is 1. The van der Waals surface area contributed by atoms with Gasteiger partial charge in [-0.05, 0) is 30.3 Å². The smallest absolute Gasteiger partial charge is 0.119 e. The zero-order chi connectivity index (χ0) is 12.5. The predicted octanol–water partition coefficient (Wildman–Crippen LogP) is 1.30. The zero-order valence-corrected chi connectivity index (χ0v) is 10.8. The molecular weight excluding hydrogens is 230 g/mol. The van der Waals surface area contributed by atoms with Gasteiger partial charge in [-0.3, -0.25) is 0 Å². The van der Waals surface area contributed by atoms with Crippen LogP contribution >= 0.6 is 0 Å². The topological polar surface area (TPSA) is 39.7 Å². The molecule has 98 valence electrons. The van der Waals surface area contributed by atoms with Gasteiger partial charge < -0.3 is 19.5 Å². The molecule has 0 radical (unpaired) electrons. The molecule has 0 aromatic heterocycles. The minimum atomic E-state index is 0.200. The predicted molar refractivity (Wildman–Crippen MR) is 68.0 cm³/mol. The Morgan fingerprint density at radius 2 is 2.17 bits per heavy atom. The van der Waals surface area contributed by atoms with E-state index in [4.69, 9.17) is 14.2 Å². The lowest BCUT2D eigenvalue weighted by Gasteiger charge is -2.31. The number of benzene rings is 1. The van der Waals surface area contributed by atoms with E-state index in [9.17, 15) is 0 Å². The quantitative estimate of drug-likeness (QED) is 0.873. The number of likely N-dealkylation sites (N-methyl/N-ethyl adjacent to an activating group) is 1. The Labute approximate surface area is 107 Å². The molecule has 3 rings (SSSR count). The van der Waals surface area contributed by atoms with Crippen molar-refractivity contribution in [1.82, 2.24) is 5.32 Å². The third-order valence-corrected chi connectivity index (χ3v) is 3.77. The van der Waals surface area contributed by atoms with Gasteiger partial charge in [-0.1, -0.05) is 6.07 Å². The van der Waals surface area contributed by atoms with Crippen LogP contribution in [0.3, 0.4) is 0 Å². The molecule has 0 amide bonds. The number of fused-ring (bicyclic) bond motifs is 1. The standard InChI is InChI=1S/C14H19NO3/c1-15-14-12-6-10(16-2)4-3-9(12)5-13(14)18-11-7-17-8-11/h3-4,6,11,13-15H,5,7-8H2,1-2H3. The Kier molecular flexibility index (Phi) is 3.24. The molecule has 1 aliphatic carbocycles. The lowest BCUT2D eigenvalue weighted by Crippen LogP contribution is -2.41. The minimum Gasteiger partial charge on any atom is -0.497 e. The monoisotopic (exact) mass is 249 g/mol. The summed E-state index contributed by atoms with van der Waals surface area (Å²) in [5.74, 6) is 0.904. The molecule has 2 aliphatic rings. The van der Waals surface area contributed by atoms with Crippen LogP contribution in [0.25, 0.3) is 0 Å². The maximum Gasteiger partial charge on any atom is 0.119 e. The lowest BCUT2D eigenvalue weighted by molar-refractivity contribution is -0.158. The number of methoxy groups -OCH3 is 1. The Morgan fingerprint density at radius 3 is 2.78 bits per heavy atom. The van der Waals surface area contributed by atoms with Crippen molar-refractivity contribution in [2.75, 3.05) is 27.4 Å². The molecule has 1 fully saturated rings. The van der Waals surface area contributed by atoms with Crippen molar-refractivity contribution >= 4 is 0 Å². The summed E-state index contributed by atoms with van der Waals surface area (Å²) < 4.78 is 16.5. The molecule has 1 saturated heterocycles. The van der Waals surface area contributed by atoms with Crippen LogP contribution in [0.15, 0.2) is 18.2 Å². The van der Waals surface area contributed by atoms with Gasteiger partial charge in [0.15, 0.2) is 0 Å². The van der Waals surface area contributed by atoms with Gasteiger partial charge in [-0.15, -0.1) is 0 Å². The number of ether oxygens (including phenoxy) is 3. The highest BCUT2D eigenvalue weighted by atomic mass is 16.6. The van der Waals surface area contributed by atoms with Gasteiger partial charge in [0.25, 0.3) is 0 Å². The Balaban J connectivity index is 1.80. The van der Waals surface area contributed by atoms with Crippen molar-refractivity contribution < 1.29 is 14.2 Å². The molecule has 2 atom stereocenters. The maximum absolute atomic E-state index is 6.08. The largest absolute Gasteiger partial charge is 0.497 e. The summed E-state index contributed by atoms with van der Waals surface area (Å²) in [7, 11) is 3.68. The van der Waals surface area contributed by atoms with Crippen molar-refractivity contribution in [3.8, 4) is 5.75 Å². The molecule has 0 bridgehead atoms. The van der Waals surface area contributed by atoms with Crippen LogP contribution in [0, 0.1) is 0 Å². The third kappa shape index (κ3) is 2.00. The van der Waals surface area contributed by atoms with E-state index in [-0.39, 0.29) is 18.2 Å². The van der Waals surface area contributed by atoms with Gasteiger partial charge in [-0.25, -0.2) is 0 Å². The van der Waals surface area contributed by atoms with Crippen LogP contribution in [0.4, 0.5) is 0 Å². The molecular formula is C14H19NO3. The summed E-state index contributed by atoms with van der Waals surface area (Å²) in [4.78, 5) is 0. The van der Waals surface area contributed by atoms with E-state index in [2.05, 4.69) is 17.4 Å². The molecule has 1 aromatic carbocycles. The van der Waals surface area contributed by atoms with Crippen molar-refractivity contribution in [2.45, 2.75) is 24.7 Å². The van der Waals surface area contributed by atoms with E-state index in [0.29, 0.717) is 0 Å². The second-order valence-electron chi connectivity index (χ2n) is 4.87. The van der Waals surface area contributed by atoms with Crippen LogP contribution in [-0.2, 0) is 15.9 Å². The van der Waals surface area contributed by atoms with E-state index >= 15 is 0 Å². The van der Waals surface area contributed by atoms with Crippen LogP contribution in [0.2, 0.25) is 0 Å². The first kappa shape index (κ1) is 12.0. The van der Waals surface area contributed by atoms with E-state index in [0.717, 1.165) is 25.4 Å². The highest BCUT2D eigenvalue weighted by molar-refractivity contribution is 5.42. The summed E-state index contributed by atoms with van der Waals surface area (Å²) in [6.45, 7) is 1.46. The first-order chi connectivity index (χ1) is 8.81. The SMILES string of the molecule is CNC1c2cc(OC)ccc2CC1OC1COC1. The summed E-state index contributed by atoms with van der Waals surface area (Å²) in [6.07, 6.45) is 1.43. The molecule has 0 saturated carbocycles. The number of hydrogen-bond acceptors (Lipinski definition) is 4. The molecule has 0 spiro atoms. The molecule has 2 unspecified atom stereocenters. The number of rotatable bonds is 4. The van der Waals surface area contributed by atoms with Gasteiger partial charge in [0.1, 0.15) is 11.9 Å². The van der Waals surface area contributed by atoms with Gasteiger partial charge in [0.2, 0.25) is 0 Å². The highest BCUT2D eigenvalue weighted by Gasteiger charge is 2.35. The zero-order valence-electron chi connectivity index (χ0n) is 10.8. The Hall–Kier alpha value is -1.10. The van der Waals surface area contributed by atoms with Gasteiger partial charge in [0.05, 0.1) is 32.5 Å². The summed E-state index contributed by atoms with van der Waals surface area (Å²) in [5.41, 5.74) is 2.64. The fourth-order valence-electron chi connectivity index (χ4n) is 2.72. The molecule has 18 heavy (non-hydrogen) atoms. The van der Waals surface area contributed by atoms with E-state index in [1.54, 1.807) is 7.11 Å². The fraction of sp³-hybridized carbons (Fsp3) is 0.571. The Bertz CT molecular complexity index is 431. The van der Waals surface area contributed by atoms with Crippen LogP contribution in [0.1, 0.15) is 17.2 Å². The molecule has 1 aliphatic heterocycles. The third-order valence-electron chi connectivity index (χ3n) is 3.77. The molecule has 4 heteroatoms. The second kappa shape index (κ2) is 4.88. The molecule has 1 N–H and O–H groups in total. The molecule has 1 heterocycles. The second-order valence-corrected chi connectivity index (χ2v) is 4.87. The van der Waals surface area contributed by atoms with E-state index in [1.807, 2.05) is 13.1 Å². The minimum absolute atomic E-state index is 0.200. The summed E-state index contributed by atoms with van der Waals surface area (Å²) in [6, 6.07) is 6.51. The average molecular weight is 249 g/mol. The van der Waals surface area contributed by atoms with E-state index in [1.165, 1.54) is 11.1 Å². The van der Waals surface area contributed by atoms with Gasteiger partial charge in [-0.2, -0.15) is 0 Å². The van der Waals surface area contributed by atoms with Gasteiger partial charge in [0, 0.05) is 6.42 Å². The van der Waals surface area contributed by atoms with Crippen LogP contribution < -0.4 is 10.1 Å². The highest BCUT2D eigenvalue weighted by Crippen LogP contribution is 2.36. The fourth-order valence-corrected chi connectivity index (χ4v) is 2.72. The van der Waals surface area contributed by atoms with Crippen molar-refractivity contribution in [2.24, 2.45) is 0 Å². The lowest BCUT2D eigenvalue weighted by atomic mass is 10.1. The van der Waals surface area contributed by atoms with Crippen LogP contribution in [-0.4, -0.2) is 39.6 Å². The molecule has 4 nitrogen and oxygen atoms in total. The average Bonchev–Trinajstić information content (AvgIpc) is 2.69. The number of nitrogens with one attached hydrogen (secondary N) is 1. The summed E-state index contributed by atoms with van der Waals surface area (Å²) >= 11 is 0. The normalized spacial score (nSPS) is 26.8.